The molecule has 1 aliphatic rings. The van der Waals surface area contributed by atoms with E-state index in [1.807, 2.05) is 43.3 Å². The Morgan fingerprint density at radius 3 is 2.53 bits per heavy atom. The SMILES string of the molecule is CCc1ccc2oc3c(c(=O)c2c1)C(c1cccc(OC)c1)N(CCN(CC)CC)C3=O. The van der Waals surface area contributed by atoms with Gasteiger partial charge in [-0.15, -0.1) is 0 Å². The Hall–Kier alpha value is -3.12. The van der Waals surface area contributed by atoms with Gasteiger partial charge in [0.2, 0.25) is 5.76 Å². The number of ether oxygens (including phenoxy) is 1. The highest BCUT2D eigenvalue weighted by molar-refractivity contribution is 5.99. The number of carbonyl (C=O) groups is 1. The third-order valence-corrected chi connectivity index (χ3v) is 6.40. The van der Waals surface area contributed by atoms with E-state index in [1.54, 1.807) is 18.1 Å². The number of amides is 1. The van der Waals surface area contributed by atoms with Gasteiger partial charge in [0.1, 0.15) is 11.3 Å². The zero-order chi connectivity index (χ0) is 22.8. The van der Waals surface area contributed by atoms with Gasteiger partial charge in [0.25, 0.3) is 5.91 Å². The second-order valence-corrected chi connectivity index (χ2v) is 8.06. The number of nitrogens with zero attached hydrogens (tertiary/aromatic N) is 2. The van der Waals surface area contributed by atoms with Crippen LogP contribution in [0.3, 0.4) is 0 Å². The second kappa shape index (κ2) is 9.17. The molecule has 4 rings (SSSR count). The smallest absolute Gasteiger partial charge is 0.290 e. The molecule has 3 aromatic rings. The van der Waals surface area contributed by atoms with Crippen LogP contribution >= 0.6 is 0 Å². The molecule has 0 aliphatic carbocycles. The molecule has 6 nitrogen and oxygen atoms in total. The molecule has 1 aromatic heterocycles. The van der Waals surface area contributed by atoms with Crippen LogP contribution in [0.2, 0.25) is 0 Å². The molecule has 1 unspecified atom stereocenters. The fourth-order valence-corrected chi connectivity index (χ4v) is 4.47. The molecule has 0 bridgehead atoms. The van der Waals surface area contributed by atoms with Crippen molar-refractivity contribution in [1.82, 2.24) is 9.80 Å². The third-order valence-electron chi connectivity index (χ3n) is 6.40. The summed E-state index contributed by atoms with van der Waals surface area (Å²) in [5.74, 6) is 0.600. The average molecular weight is 435 g/mol. The summed E-state index contributed by atoms with van der Waals surface area (Å²) in [7, 11) is 1.61. The van der Waals surface area contributed by atoms with E-state index in [2.05, 4.69) is 18.7 Å². The van der Waals surface area contributed by atoms with Gasteiger partial charge in [-0.2, -0.15) is 0 Å². The Morgan fingerprint density at radius 2 is 1.84 bits per heavy atom. The first-order chi connectivity index (χ1) is 15.5. The van der Waals surface area contributed by atoms with Crippen molar-refractivity contribution in [2.75, 3.05) is 33.3 Å². The fraction of sp³-hybridized carbons (Fsp3) is 0.385. The van der Waals surface area contributed by atoms with Crippen molar-refractivity contribution in [3.05, 3.63) is 75.1 Å². The standard InChI is InChI=1S/C26H30N2O4/c1-5-17-11-12-21-20(15-17)24(29)22-23(18-9-8-10-19(16-18)31-4)28(26(30)25(22)32-21)14-13-27(6-2)7-3/h8-12,15-16,23H,5-7,13-14H2,1-4H3. The predicted octanol–water partition coefficient (Wildman–Crippen LogP) is 4.25. The van der Waals surface area contributed by atoms with E-state index < -0.39 is 6.04 Å². The minimum Gasteiger partial charge on any atom is -0.497 e. The molecule has 1 aliphatic heterocycles. The topological polar surface area (TPSA) is 63.0 Å². The molecule has 0 saturated carbocycles. The van der Waals surface area contributed by atoms with Gasteiger partial charge in [0.05, 0.1) is 24.1 Å². The van der Waals surface area contributed by atoms with Crippen molar-refractivity contribution >= 4 is 16.9 Å². The van der Waals surface area contributed by atoms with Gasteiger partial charge in [-0.25, -0.2) is 0 Å². The lowest BCUT2D eigenvalue weighted by molar-refractivity contribution is 0.0708. The van der Waals surface area contributed by atoms with Crippen LogP contribution in [0, 0.1) is 0 Å². The Bertz CT molecular complexity index is 1200. The monoisotopic (exact) mass is 434 g/mol. The van der Waals surface area contributed by atoms with Gasteiger partial charge in [-0.1, -0.05) is 39.0 Å². The van der Waals surface area contributed by atoms with E-state index in [-0.39, 0.29) is 17.1 Å². The first-order valence-electron chi connectivity index (χ1n) is 11.3. The highest BCUT2D eigenvalue weighted by Crippen LogP contribution is 2.39. The van der Waals surface area contributed by atoms with Crippen LogP contribution in [0.15, 0.2) is 51.7 Å². The van der Waals surface area contributed by atoms with Gasteiger partial charge in [0, 0.05) is 13.1 Å². The maximum absolute atomic E-state index is 13.7. The number of methoxy groups -OCH3 is 1. The molecular weight excluding hydrogens is 404 g/mol. The maximum atomic E-state index is 13.7. The van der Waals surface area contributed by atoms with E-state index >= 15 is 0 Å². The molecule has 0 N–H and O–H groups in total. The molecule has 0 fully saturated rings. The minimum absolute atomic E-state index is 0.136. The van der Waals surface area contributed by atoms with Crippen LogP contribution in [0.4, 0.5) is 0 Å². The summed E-state index contributed by atoms with van der Waals surface area (Å²) < 4.78 is 11.5. The van der Waals surface area contributed by atoms with Gasteiger partial charge >= 0.3 is 0 Å². The lowest BCUT2D eigenvalue weighted by atomic mass is 9.97. The van der Waals surface area contributed by atoms with Crippen molar-refractivity contribution in [3.8, 4) is 5.75 Å². The van der Waals surface area contributed by atoms with Crippen molar-refractivity contribution in [2.24, 2.45) is 0 Å². The van der Waals surface area contributed by atoms with Crippen LogP contribution in [0.5, 0.6) is 5.75 Å². The highest BCUT2D eigenvalue weighted by atomic mass is 16.5. The zero-order valence-corrected chi connectivity index (χ0v) is 19.2. The summed E-state index contributed by atoms with van der Waals surface area (Å²) in [5.41, 5.74) is 2.64. The summed E-state index contributed by atoms with van der Waals surface area (Å²) >= 11 is 0. The molecule has 168 valence electrons. The first kappa shape index (κ1) is 22.1. The number of likely N-dealkylation sites (N-methyl/N-ethyl adjacent to an activating group) is 1. The number of fused-ring (bicyclic) bond motifs is 2. The number of hydrogen-bond acceptors (Lipinski definition) is 5. The van der Waals surface area contributed by atoms with Crippen molar-refractivity contribution in [2.45, 2.75) is 33.2 Å². The lowest BCUT2D eigenvalue weighted by Crippen LogP contribution is -2.37. The second-order valence-electron chi connectivity index (χ2n) is 8.06. The minimum atomic E-state index is -0.505. The Kier molecular flexibility index (Phi) is 6.33. The quantitative estimate of drug-likeness (QED) is 0.530. The number of hydrogen-bond donors (Lipinski definition) is 0. The molecule has 1 amide bonds. The molecule has 32 heavy (non-hydrogen) atoms. The average Bonchev–Trinajstić information content (AvgIpc) is 3.11. The predicted molar refractivity (Wildman–Crippen MR) is 126 cm³/mol. The molecular formula is C26H30N2O4. The van der Waals surface area contributed by atoms with Gasteiger partial charge in [-0.3, -0.25) is 9.59 Å². The van der Waals surface area contributed by atoms with Crippen LogP contribution in [-0.2, 0) is 6.42 Å². The zero-order valence-electron chi connectivity index (χ0n) is 19.2. The van der Waals surface area contributed by atoms with Crippen LogP contribution in [0.1, 0.15) is 54.1 Å². The highest BCUT2D eigenvalue weighted by Gasteiger charge is 2.42. The number of rotatable bonds is 8. The molecule has 6 heteroatoms. The Balaban J connectivity index is 1.89. The normalized spacial score (nSPS) is 15.6. The first-order valence-corrected chi connectivity index (χ1v) is 11.3. The molecule has 2 heterocycles. The van der Waals surface area contributed by atoms with Crippen LogP contribution in [0.25, 0.3) is 11.0 Å². The number of carbonyl (C=O) groups excluding carboxylic acids is 1. The summed E-state index contributed by atoms with van der Waals surface area (Å²) in [5, 5.41) is 0.523. The lowest BCUT2D eigenvalue weighted by Gasteiger charge is -2.28. The van der Waals surface area contributed by atoms with Crippen LogP contribution in [-0.4, -0.2) is 49.0 Å². The van der Waals surface area contributed by atoms with Crippen molar-refractivity contribution < 1.29 is 13.9 Å². The van der Waals surface area contributed by atoms with Crippen molar-refractivity contribution in [3.63, 3.8) is 0 Å². The summed E-state index contributed by atoms with van der Waals surface area (Å²) in [6, 6.07) is 12.7. The number of aryl methyl sites for hydroxylation is 1. The van der Waals surface area contributed by atoms with E-state index in [0.29, 0.717) is 28.8 Å². The van der Waals surface area contributed by atoms with E-state index in [4.69, 9.17) is 9.15 Å². The molecule has 0 spiro atoms. The summed E-state index contributed by atoms with van der Waals surface area (Å²) in [6.07, 6.45) is 0.820. The molecule has 0 radical (unpaired) electrons. The summed E-state index contributed by atoms with van der Waals surface area (Å²) in [4.78, 5) is 31.2. The van der Waals surface area contributed by atoms with E-state index in [0.717, 1.165) is 37.2 Å². The van der Waals surface area contributed by atoms with Gasteiger partial charge in [0.15, 0.2) is 5.43 Å². The molecule has 2 aromatic carbocycles. The fourth-order valence-electron chi connectivity index (χ4n) is 4.47. The van der Waals surface area contributed by atoms with Gasteiger partial charge < -0.3 is 19.0 Å². The third kappa shape index (κ3) is 3.79. The summed E-state index contributed by atoms with van der Waals surface area (Å²) in [6.45, 7) is 9.28. The van der Waals surface area contributed by atoms with Gasteiger partial charge in [-0.05, 0) is 54.9 Å². The number of benzene rings is 2. The Morgan fingerprint density at radius 1 is 1.06 bits per heavy atom. The molecule has 1 atom stereocenters. The van der Waals surface area contributed by atoms with E-state index in [1.165, 1.54) is 0 Å². The van der Waals surface area contributed by atoms with Crippen molar-refractivity contribution in [1.29, 1.82) is 0 Å². The maximum Gasteiger partial charge on any atom is 0.290 e. The Labute approximate surface area is 188 Å². The largest absolute Gasteiger partial charge is 0.497 e. The van der Waals surface area contributed by atoms with Crippen LogP contribution < -0.4 is 10.2 Å². The molecule has 0 saturated heterocycles. The van der Waals surface area contributed by atoms with E-state index in [9.17, 15) is 9.59 Å².